The quantitative estimate of drug-likeness (QED) is 0.544. The number of carbonyl (C=O) groups excluding carboxylic acids is 1. The van der Waals surface area contributed by atoms with Crippen LogP contribution in [0.4, 0.5) is 4.39 Å². The molecule has 2 heterocycles. The Kier molecular flexibility index (Phi) is 4.16. The highest BCUT2D eigenvalue weighted by atomic mass is 35.5. The van der Waals surface area contributed by atoms with E-state index in [1.165, 1.54) is 16.8 Å². The first-order chi connectivity index (χ1) is 11.0. The number of pyridine rings is 1. The first-order valence-electron chi connectivity index (χ1n) is 6.87. The first-order valence-corrected chi connectivity index (χ1v) is 7.25. The van der Waals surface area contributed by atoms with Crippen molar-refractivity contribution >= 4 is 17.4 Å². The summed E-state index contributed by atoms with van der Waals surface area (Å²) >= 11 is 5.82. The van der Waals surface area contributed by atoms with Crippen LogP contribution in [-0.4, -0.2) is 25.8 Å². The summed E-state index contributed by atoms with van der Waals surface area (Å²) in [5.41, 5.74) is 2.05. The fourth-order valence-corrected chi connectivity index (χ4v) is 2.39. The third-order valence-electron chi connectivity index (χ3n) is 3.34. The molecule has 5 nitrogen and oxygen atoms in total. The highest BCUT2D eigenvalue weighted by molar-refractivity contribution is 6.29. The van der Waals surface area contributed by atoms with Gasteiger partial charge >= 0.3 is 0 Å². The number of halogens is 2. The van der Waals surface area contributed by atoms with Crippen LogP contribution in [0.2, 0.25) is 5.15 Å². The van der Waals surface area contributed by atoms with Crippen LogP contribution in [0.1, 0.15) is 21.9 Å². The van der Waals surface area contributed by atoms with Gasteiger partial charge in [0.05, 0.1) is 17.8 Å². The van der Waals surface area contributed by atoms with Gasteiger partial charge < -0.3 is 0 Å². The second-order valence-electron chi connectivity index (χ2n) is 4.96. The van der Waals surface area contributed by atoms with E-state index in [-0.39, 0.29) is 23.7 Å². The molecule has 3 rings (SSSR count). The van der Waals surface area contributed by atoms with E-state index in [9.17, 15) is 9.18 Å². The summed E-state index contributed by atoms with van der Waals surface area (Å²) < 4.78 is 14.5. The van der Waals surface area contributed by atoms with E-state index in [0.717, 1.165) is 0 Å². The van der Waals surface area contributed by atoms with Crippen molar-refractivity contribution in [3.05, 3.63) is 70.5 Å². The number of benzene rings is 1. The van der Waals surface area contributed by atoms with Gasteiger partial charge in [-0.15, -0.1) is 5.10 Å². The summed E-state index contributed by atoms with van der Waals surface area (Å²) in [6, 6.07) is 10.9. The van der Waals surface area contributed by atoms with E-state index in [2.05, 4.69) is 15.3 Å². The number of ketones is 1. The van der Waals surface area contributed by atoms with Crippen molar-refractivity contribution in [1.29, 1.82) is 0 Å². The summed E-state index contributed by atoms with van der Waals surface area (Å²) in [6.45, 7) is 1.74. The van der Waals surface area contributed by atoms with Crippen LogP contribution < -0.4 is 0 Å². The lowest BCUT2D eigenvalue weighted by Crippen LogP contribution is -2.08. The Hall–Kier alpha value is -2.60. The van der Waals surface area contributed by atoms with Crippen LogP contribution in [0.15, 0.2) is 42.5 Å². The lowest BCUT2D eigenvalue weighted by molar-refractivity contribution is 0.0986. The molecule has 0 amide bonds. The molecule has 2 aromatic heterocycles. The number of aromatic nitrogens is 4. The molecule has 116 valence electrons. The fraction of sp³-hybridized carbons (Fsp3) is 0.125. The van der Waals surface area contributed by atoms with Gasteiger partial charge in [0, 0.05) is 5.69 Å². The van der Waals surface area contributed by atoms with Crippen molar-refractivity contribution < 1.29 is 9.18 Å². The van der Waals surface area contributed by atoms with Crippen molar-refractivity contribution in [1.82, 2.24) is 20.0 Å². The zero-order chi connectivity index (χ0) is 16.4. The maximum atomic E-state index is 13.0. The van der Waals surface area contributed by atoms with Gasteiger partial charge in [-0.2, -0.15) is 0 Å². The monoisotopic (exact) mass is 330 g/mol. The average molecular weight is 331 g/mol. The molecule has 0 spiro atoms. The van der Waals surface area contributed by atoms with Crippen molar-refractivity contribution in [2.75, 3.05) is 0 Å². The molecule has 0 radical (unpaired) electrons. The SMILES string of the molecule is Cc1c(C(=O)Cc2cccc(Cl)n2)nnn1-c1ccc(F)cc1. The molecular weight excluding hydrogens is 319 g/mol. The molecule has 0 aliphatic rings. The fourth-order valence-electron chi connectivity index (χ4n) is 2.21. The third-order valence-corrected chi connectivity index (χ3v) is 3.55. The van der Waals surface area contributed by atoms with E-state index in [4.69, 9.17) is 11.6 Å². The normalized spacial score (nSPS) is 10.7. The van der Waals surface area contributed by atoms with Crippen molar-refractivity contribution in [3.8, 4) is 5.69 Å². The molecule has 0 N–H and O–H groups in total. The van der Waals surface area contributed by atoms with Crippen LogP contribution in [0, 0.1) is 12.7 Å². The van der Waals surface area contributed by atoms with Gasteiger partial charge in [-0.3, -0.25) is 4.79 Å². The van der Waals surface area contributed by atoms with Crippen LogP contribution in [-0.2, 0) is 6.42 Å². The second-order valence-corrected chi connectivity index (χ2v) is 5.35. The Morgan fingerprint density at radius 2 is 1.96 bits per heavy atom. The highest BCUT2D eigenvalue weighted by Gasteiger charge is 2.18. The molecule has 7 heteroatoms. The number of hydrogen-bond acceptors (Lipinski definition) is 4. The average Bonchev–Trinajstić information content (AvgIpc) is 2.90. The number of hydrogen-bond donors (Lipinski definition) is 0. The molecule has 0 aliphatic carbocycles. The lowest BCUT2D eigenvalue weighted by atomic mass is 10.1. The van der Waals surface area contributed by atoms with Gasteiger partial charge in [0.1, 0.15) is 11.0 Å². The predicted molar refractivity (Wildman–Crippen MR) is 83.3 cm³/mol. The summed E-state index contributed by atoms with van der Waals surface area (Å²) in [7, 11) is 0. The maximum absolute atomic E-state index is 13.0. The molecule has 0 bridgehead atoms. The van der Waals surface area contributed by atoms with Gasteiger partial charge in [-0.25, -0.2) is 14.1 Å². The zero-order valence-corrected chi connectivity index (χ0v) is 13.0. The van der Waals surface area contributed by atoms with Crippen LogP contribution in [0.5, 0.6) is 0 Å². The molecular formula is C16H12ClFN4O. The van der Waals surface area contributed by atoms with Crippen LogP contribution in [0.25, 0.3) is 5.69 Å². The number of carbonyl (C=O) groups is 1. The van der Waals surface area contributed by atoms with E-state index >= 15 is 0 Å². The molecule has 0 aliphatic heterocycles. The molecule has 0 atom stereocenters. The number of Topliss-reactive ketones (excluding diaryl/α,β-unsaturated/α-hetero) is 1. The Morgan fingerprint density at radius 3 is 2.65 bits per heavy atom. The molecule has 0 fully saturated rings. The highest BCUT2D eigenvalue weighted by Crippen LogP contribution is 2.15. The Balaban J connectivity index is 1.86. The van der Waals surface area contributed by atoms with E-state index in [1.807, 2.05) is 0 Å². The van der Waals surface area contributed by atoms with Crippen molar-refractivity contribution in [2.45, 2.75) is 13.3 Å². The van der Waals surface area contributed by atoms with Gasteiger partial charge in [0.15, 0.2) is 11.5 Å². The van der Waals surface area contributed by atoms with E-state index < -0.39 is 0 Å². The Morgan fingerprint density at radius 1 is 1.22 bits per heavy atom. The van der Waals surface area contributed by atoms with Gasteiger partial charge in [-0.1, -0.05) is 22.9 Å². The standard InChI is InChI=1S/C16H12ClFN4O/c1-10-16(14(23)9-12-3-2-4-15(17)19-12)20-21-22(10)13-7-5-11(18)6-8-13/h2-8H,9H2,1H3. The zero-order valence-electron chi connectivity index (χ0n) is 12.2. The van der Waals surface area contributed by atoms with E-state index in [1.54, 1.807) is 37.3 Å². The van der Waals surface area contributed by atoms with Crippen LogP contribution >= 0.6 is 11.6 Å². The summed E-state index contributed by atoms with van der Waals surface area (Å²) in [5, 5.41) is 8.25. The third kappa shape index (κ3) is 3.27. The minimum Gasteiger partial charge on any atom is -0.292 e. The second kappa shape index (κ2) is 6.26. The molecule has 1 aromatic carbocycles. The number of rotatable bonds is 4. The minimum atomic E-state index is -0.338. The molecule has 23 heavy (non-hydrogen) atoms. The first kappa shape index (κ1) is 15.3. The van der Waals surface area contributed by atoms with Crippen LogP contribution in [0.3, 0.4) is 0 Å². The van der Waals surface area contributed by atoms with Gasteiger partial charge in [0.2, 0.25) is 0 Å². The minimum absolute atomic E-state index is 0.0868. The lowest BCUT2D eigenvalue weighted by Gasteiger charge is -2.03. The van der Waals surface area contributed by atoms with Gasteiger partial charge in [-0.05, 0) is 43.3 Å². The van der Waals surface area contributed by atoms with Crippen molar-refractivity contribution in [2.24, 2.45) is 0 Å². The summed E-state index contributed by atoms with van der Waals surface area (Å²) in [6.07, 6.45) is 0.0868. The molecule has 0 saturated carbocycles. The Bertz CT molecular complexity index is 861. The topological polar surface area (TPSA) is 60.7 Å². The van der Waals surface area contributed by atoms with E-state index in [0.29, 0.717) is 22.2 Å². The number of nitrogens with zero attached hydrogens (tertiary/aromatic N) is 4. The summed E-state index contributed by atoms with van der Waals surface area (Å²) in [4.78, 5) is 16.5. The molecule has 0 saturated heterocycles. The largest absolute Gasteiger partial charge is 0.292 e. The molecule has 3 aromatic rings. The smallest absolute Gasteiger partial charge is 0.190 e. The predicted octanol–water partition coefficient (Wildman–Crippen LogP) is 3.19. The molecule has 0 unspecified atom stereocenters. The maximum Gasteiger partial charge on any atom is 0.190 e. The Labute approximate surface area is 136 Å². The van der Waals surface area contributed by atoms with Gasteiger partial charge in [0.25, 0.3) is 0 Å². The van der Waals surface area contributed by atoms with Crippen molar-refractivity contribution in [3.63, 3.8) is 0 Å². The summed E-state index contributed by atoms with van der Waals surface area (Å²) in [5.74, 6) is -0.541.